The molecular weight excluding hydrogens is 351 g/mol. The summed E-state index contributed by atoms with van der Waals surface area (Å²) in [5, 5.41) is 8.14. The van der Waals surface area contributed by atoms with Crippen LogP contribution in [0.4, 0.5) is 0 Å². The quantitative estimate of drug-likeness (QED) is 0.189. The Labute approximate surface area is 145 Å². The fraction of sp³-hybridized carbons (Fsp3) is 0.111. The maximum absolute atomic E-state index is 5.39. The summed E-state index contributed by atoms with van der Waals surface area (Å²) in [6, 6.07) is 20.3. The topological polar surface area (TPSA) is 0 Å². The minimum Gasteiger partial charge on any atom is -0.126 e. The molecule has 0 heterocycles. The van der Waals surface area contributed by atoms with Crippen molar-refractivity contribution in [2.24, 2.45) is 0 Å². The van der Waals surface area contributed by atoms with Crippen molar-refractivity contribution in [1.82, 2.24) is 0 Å². The van der Waals surface area contributed by atoms with Crippen LogP contribution < -0.4 is 0 Å². The molecule has 0 aliphatic rings. The summed E-state index contributed by atoms with van der Waals surface area (Å²) in [5.74, 6) is 0. The van der Waals surface area contributed by atoms with Crippen LogP contribution in [-0.4, -0.2) is 6.00 Å². The van der Waals surface area contributed by atoms with E-state index in [2.05, 4.69) is 60.7 Å². The van der Waals surface area contributed by atoms with E-state index < -0.39 is 6.00 Å². The normalized spacial score (nSPS) is 11.8. The Morgan fingerprint density at radius 1 is 0.636 bits per heavy atom. The standard InChI is InChI=1S/C16H10.C2H5Cl3Si/c1-3-11-7-9-13-5-2-6-14-10-8-12(4-1)15(11)16(13)14;1-2-6(3,4)5/h1-10H;2H2,1H3. The lowest BCUT2D eigenvalue weighted by Gasteiger charge is -2.09. The molecule has 4 heteroatoms. The van der Waals surface area contributed by atoms with E-state index >= 15 is 0 Å². The minimum atomic E-state index is -2.21. The molecule has 0 aliphatic carbocycles. The molecule has 4 aromatic carbocycles. The summed E-state index contributed by atoms with van der Waals surface area (Å²) in [6.07, 6.45) is 0. The van der Waals surface area contributed by atoms with Crippen LogP contribution in [0.15, 0.2) is 60.7 Å². The van der Waals surface area contributed by atoms with Crippen LogP contribution in [0.5, 0.6) is 0 Å². The summed E-state index contributed by atoms with van der Waals surface area (Å²) < 4.78 is 0. The first-order valence-corrected chi connectivity index (χ1v) is 12.4. The van der Waals surface area contributed by atoms with E-state index in [1.54, 1.807) is 0 Å². The highest BCUT2D eigenvalue weighted by Crippen LogP contribution is 2.33. The molecule has 0 radical (unpaired) electrons. The average Bonchev–Trinajstić information content (AvgIpc) is 2.53. The molecule has 0 N–H and O–H groups in total. The zero-order valence-electron chi connectivity index (χ0n) is 12.1. The number of hydrogen-bond donors (Lipinski definition) is 0. The number of hydrogen-bond acceptors (Lipinski definition) is 0. The van der Waals surface area contributed by atoms with Gasteiger partial charge in [0.2, 0.25) is 0 Å². The monoisotopic (exact) mass is 364 g/mol. The molecule has 0 saturated heterocycles. The van der Waals surface area contributed by atoms with Gasteiger partial charge in [-0.05, 0) is 38.4 Å². The van der Waals surface area contributed by atoms with Gasteiger partial charge in [-0.25, -0.2) is 0 Å². The number of halogens is 3. The summed E-state index contributed by atoms with van der Waals surface area (Å²) in [5.41, 5.74) is 0. The molecule has 0 nitrogen and oxygen atoms in total. The maximum atomic E-state index is 5.39. The molecule has 0 aliphatic heterocycles. The third kappa shape index (κ3) is 3.18. The van der Waals surface area contributed by atoms with Crippen LogP contribution in [0.3, 0.4) is 0 Å². The van der Waals surface area contributed by atoms with Crippen molar-refractivity contribution in [3.63, 3.8) is 0 Å². The van der Waals surface area contributed by atoms with Crippen LogP contribution in [0.1, 0.15) is 6.92 Å². The third-order valence-electron chi connectivity index (χ3n) is 3.79. The average molecular weight is 366 g/mol. The predicted octanol–water partition coefficient (Wildman–Crippen LogP) is 7.25. The van der Waals surface area contributed by atoms with Gasteiger partial charge in [0.15, 0.2) is 0 Å². The van der Waals surface area contributed by atoms with Crippen LogP contribution in [0, 0.1) is 0 Å². The van der Waals surface area contributed by atoms with E-state index in [4.69, 9.17) is 33.2 Å². The zero-order valence-corrected chi connectivity index (χ0v) is 15.4. The SMILES string of the molecule is CC[Si](Cl)(Cl)Cl.c1cc2ccc3cccc4ccc(c1)c2c34. The molecule has 4 rings (SSSR count). The highest BCUT2D eigenvalue weighted by atomic mass is 35.8. The molecule has 0 fully saturated rings. The van der Waals surface area contributed by atoms with Gasteiger partial charge in [0.05, 0.1) is 0 Å². The molecule has 0 saturated carbocycles. The Bertz CT molecular complexity index is 782. The third-order valence-corrected chi connectivity index (χ3v) is 7.00. The molecule has 0 unspecified atom stereocenters. The van der Waals surface area contributed by atoms with Crippen molar-refractivity contribution >= 4 is 71.6 Å². The van der Waals surface area contributed by atoms with Crippen molar-refractivity contribution in [2.75, 3.05) is 0 Å². The van der Waals surface area contributed by atoms with Gasteiger partial charge >= 0.3 is 6.00 Å². The summed E-state index contributed by atoms with van der Waals surface area (Å²) in [7, 11) is 0. The van der Waals surface area contributed by atoms with Crippen LogP contribution in [0.25, 0.3) is 32.3 Å². The fourth-order valence-electron chi connectivity index (χ4n) is 2.67. The van der Waals surface area contributed by atoms with E-state index in [0.29, 0.717) is 6.04 Å². The fourth-order valence-corrected chi connectivity index (χ4v) is 2.67. The predicted molar refractivity (Wildman–Crippen MR) is 104 cm³/mol. The van der Waals surface area contributed by atoms with Crippen molar-refractivity contribution in [3.05, 3.63) is 60.7 Å². The lowest BCUT2D eigenvalue weighted by molar-refractivity contribution is 1.46. The second kappa shape index (κ2) is 6.25. The Kier molecular flexibility index (Phi) is 4.51. The van der Waals surface area contributed by atoms with Gasteiger partial charge in [-0.3, -0.25) is 0 Å². The first-order chi connectivity index (χ1) is 10.5. The van der Waals surface area contributed by atoms with Crippen LogP contribution >= 0.6 is 33.2 Å². The van der Waals surface area contributed by atoms with Gasteiger partial charge in [0, 0.05) is 0 Å². The lowest BCUT2D eigenvalue weighted by atomic mass is 9.95. The second-order valence-corrected chi connectivity index (χ2v) is 14.7. The molecule has 0 spiro atoms. The van der Waals surface area contributed by atoms with Crippen molar-refractivity contribution in [3.8, 4) is 0 Å². The Hall–Kier alpha value is -0.993. The molecule has 0 atom stereocenters. The van der Waals surface area contributed by atoms with E-state index in [1.165, 1.54) is 32.3 Å². The van der Waals surface area contributed by atoms with Crippen LogP contribution in [-0.2, 0) is 0 Å². The molecule has 4 aromatic rings. The highest BCUT2D eigenvalue weighted by molar-refractivity contribution is 7.64. The van der Waals surface area contributed by atoms with Crippen molar-refractivity contribution in [2.45, 2.75) is 13.0 Å². The zero-order chi connectivity index (χ0) is 15.7. The van der Waals surface area contributed by atoms with Crippen molar-refractivity contribution < 1.29 is 0 Å². The molecular formula is C18H15Cl3Si. The Balaban J connectivity index is 0.000000209. The molecule has 0 bridgehead atoms. The molecule has 112 valence electrons. The largest absolute Gasteiger partial charge is 0.341 e. The smallest absolute Gasteiger partial charge is 0.126 e. The first kappa shape index (κ1) is 15.9. The van der Waals surface area contributed by atoms with E-state index in [0.717, 1.165) is 0 Å². The van der Waals surface area contributed by atoms with Gasteiger partial charge in [-0.15, -0.1) is 33.2 Å². The van der Waals surface area contributed by atoms with E-state index in [-0.39, 0.29) is 0 Å². The molecule has 22 heavy (non-hydrogen) atoms. The van der Waals surface area contributed by atoms with Gasteiger partial charge in [0.1, 0.15) is 0 Å². The summed E-state index contributed by atoms with van der Waals surface area (Å²) in [4.78, 5) is 0. The van der Waals surface area contributed by atoms with Gasteiger partial charge < -0.3 is 0 Å². The number of rotatable bonds is 1. The molecule has 0 amide bonds. The Morgan fingerprint density at radius 3 is 1.14 bits per heavy atom. The van der Waals surface area contributed by atoms with Gasteiger partial charge in [-0.2, -0.15) is 0 Å². The van der Waals surface area contributed by atoms with Gasteiger partial charge in [-0.1, -0.05) is 67.6 Å². The van der Waals surface area contributed by atoms with Crippen LogP contribution in [0.2, 0.25) is 6.04 Å². The lowest BCUT2D eigenvalue weighted by Crippen LogP contribution is -2.04. The van der Waals surface area contributed by atoms with Crippen molar-refractivity contribution in [1.29, 1.82) is 0 Å². The minimum absolute atomic E-state index is 0.706. The summed E-state index contributed by atoms with van der Waals surface area (Å²) in [6.45, 7) is 1.87. The second-order valence-electron chi connectivity index (χ2n) is 5.26. The highest BCUT2D eigenvalue weighted by Gasteiger charge is 2.20. The first-order valence-electron chi connectivity index (χ1n) is 7.19. The Morgan fingerprint density at radius 2 is 0.909 bits per heavy atom. The number of benzene rings is 4. The van der Waals surface area contributed by atoms with E-state index in [9.17, 15) is 0 Å². The summed E-state index contributed by atoms with van der Waals surface area (Å²) >= 11 is 16.2. The van der Waals surface area contributed by atoms with Gasteiger partial charge in [0.25, 0.3) is 0 Å². The van der Waals surface area contributed by atoms with E-state index in [1.807, 2.05) is 6.92 Å². The maximum Gasteiger partial charge on any atom is 0.341 e. The molecule has 0 aromatic heterocycles.